The fraction of sp³-hybridized carbons (Fsp3) is 1.00. The van der Waals surface area contributed by atoms with Crippen molar-refractivity contribution in [1.82, 2.24) is 0 Å². The highest BCUT2D eigenvalue weighted by atomic mass is 32.2. The molecule has 0 atom stereocenters. The van der Waals surface area contributed by atoms with Gasteiger partial charge in [0.15, 0.2) is 0 Å². The lowest BCUT2D eigenvalue weighted by Crippen LogP contribution is -2.22. The Bertz CT molecular complexity index is 159. The molecule has 0 aromatic rings. The predicted octanol–water partition coefficient (Wildman–Crippen LogP) is 0.905. The van der Waals surface area contributed by atoms with Gasteiger partial charge in [0, 0.05) is 0 Å². The van der Waals surface area contributed by atoms with Crippen LogP contribution in [0.2, 0.25) is 12.6 Å². The molecule has 3 nitrogen and oxygen atoms in total. The Morgan fingerprint density at radius 1 is 1.33 bits per heavy atom. The molecule has 0 aliphatic rings. The van der Waals surface area contributed by atoms with Gasteiger partial charge in [-0.25, -0.2) is 8.42 Å². The first-order chi connectivity index (χ1) is 4.02. The van der Waals surface area contributed by atoms with Crippen LogP contribution in [0.3, 0.4) is 0 Å². The smallest absolute Gasteiger partial charge is 0.295 e. The van der Waals surface area contributed by atoms with Crippen LogP contribution in [0.4, 0.5) is 0 Å². The maximum Gasteiger partial charge on any atom is 0.325 e. The summed E-state index contributed by atoms with van der Waals surface area (Å²) >= 11 is 0. The third-order valence-electron chi connectivity index (χ3n) is 1.33. The molecule has 0 radical (unpaired) electrons. The topological polar surface area (TPSA) is 54.4 Å². The Hall–Kier alpha value is -0.0251. The standard InChI is InChI=1S/C4H11BO3S/c1-3-5(4-2)9(6,7)8/h3-4H2,1-2H3,(H,6,7,8). The highest BCUT2D eigenvalue weighted by molar-refractivity contribution is 8.14. The first-order valence-corrected chi connectivity index (χ1v) is 4.49. The summed E-state index contributed by atoms with van der Waals surface area (Å²) in [4.78, 5) is 0. The van der Waals surface area contributed by atoms with Crippen molar-refractivity contribution >= 4 is 16.0 Å². The lowest BCUT2D eigenvalue weighted by atomic mass is 9.70. The zero-order valence-corrected chi connectivity index (χ0v) is 6.48. The lowest BCUT2D eigenvalue weighted by Gasteiger charge is -2.00. The minimum Gasteiger partial charge on any atom is -0.295 e. The van der Waals surface area contributed by atoms with Crippen molar-refractivity contribution in [3.8, 4) is 0 Å². The summed E-state index contributed by atoms with van der Waals surface area (Å²) in [7, 11) is -3.77. The molecule has 0 aromatic carbocycles. The van der Waals surface area contributed by atoms with Gasteiger partial charge in [-0.2, -0.15) is 0 Å². The molecule has 0 spiro atoms. The third kappa shape index (κ3) is 2.86. The van der Waals surface area contributed by atoms with Gasteiger partial charge >= 0.3 is 5.99 Å². The third-order valence-corrected chi connectivity index (χ3v) is 2.84. The molecule has 0 saturated heterocycles. The first-order valence-electron chi connectivity index (χ1n) is 2.98. The average molecular weight is 150 g/mol. The van der Waals surface area contributed by atoms with Gasteiger partial charge in [-0.15, -0.1) is 0 Å². The molecule has 0 heterocycles. The minimum absolute atomic E-state index is 0.481. The van der Waals surface area contributed by atoms with Crippen molar-refractivity contribution < 1.29 is 13.0 Å². The highest BCUT2D eigenvalue weighted by Crippen LogP contribution is 2.03. The minimum atomic E-state index is -3.77. The van der Waals surface area contributed by atoms with Crippen molar-refractivity contribution in [2.24, 2.45) is 0 Å². The largest absolute Gasteiger partial charge is 0.325 e. The second kappa shape index (κ2) is 3.22. The summed E-state index contributed by atoms with van der Waals surface area (Å²) in [5, 5.41) is 0. The Morgan fingerprint density at radius 2 is 1.67 bits per heavy atom. The van der Waals surface area contributed by atoms with E-state index in [0.717, 1.165) is 0 Å². The molecule has 0 bridgehead atoms. The predicted molar refractivity (Wildman–Crippen MR) is 38.3 cm³/mol. The highest BCUT2D eigenvalue weighted by Gasteiger charge is 2.23. The molecule has 0 rings (SSSR count). The zero-order valence-electron chi connectivity index (χ0n) is 5.66. The van der Waals surface area contributed by atoms with Crippen molar-refractivity contribution in [1.29, 1.82) is 0 Å². The van der Waals surface area contributed by atoms with Crippen LogP contribution in [0.15, 0.2) is 0 Å². The summed E-state index contributed by atoms with van der Waals surface area (Å²) in [6.45, 7) is 3.48. The van der Waals surface area contributed by atoms with Crippen LogP contribution in [-0.2, 0) is 9.97 Å². The van der Waals surface area contributed by atoms with Crippen molar-refractivity contribution in [3.63, 3.8) is 0 Å². The van der Waals surface area contributed by atoms with Crippen molar-refractivity contribution in [3.05, 3.63) is 0 Å². The second-order valence-corrected chi connectivity index (χ2v) is 3.65. The van der Waals surface area contributed by atoms with Crippen LogP contribution >= 0.6 is 0 Å². The van der Waals surface area contributed by atoms with Crippen LogP contribution in [0, 0.1) is 0 Å². The van der Waals surface area contributed by atoms with Crippen molar-refractivity contribution in [2.75, 3.05) is 0 Å². The Kier molecular flexibility index (Phi) is 3.21. The number of rotatable bonds is 3. The van der Waals surface area contributed by atoms with Crippen LogP contribution in [0.1, 0.15) is 13.8 Å². The summed E-state index contributed by atoms with van der Waals surface area (Å²) in [6, 6.07) is 0. The molecule has 0 aromatic heterocycles. The lowest BCUT2D eigenvalue weighted by molar-refractivity contribution is 0.499. The van der Waals surface area contributed by atoms with E-state index in [-0.39, 0.29) is 0 Å². The molecule has 0 aliphatic carbocycles. The van der Waals surface area contributed by atoms with Gasteiger partial charge in [0.25, 0.3) is 0 Å². The van der Waals surface area contributed by atoms with Crippen LogP contribution in [0.5, 0.6) is 0 Å². The van der Waals surface area contributed by atoms with E-state index in [9.17, 15) is 8.42 Å². The molecule has 9 heavy (non-hydrogen) atoms. The zero-order chi connectivity index (χ0) is 7.49. The van der Waals surface area contributed by atoms with E-state index in [1.165, 1.54) is 0 Å². The average Bonchev–Trinajstić information content (AvgIpc) is 1.65. The molecule has 0 saturated carbocycles. The van der Waals surface area contributed by atoms with Gasteiger partial charge in [0.05, 0.1) is 0 Å². The van der Waals surface area contributed by atoms with Gasteiger partial charge in [-0.05, 0) is 0 Å². The maximum atomic E-state index is 10.3. The Balaban J connectivity index is 4.14. The van der Waals surface area contributed by atoms with E-state index in [1.807, 2.05) is 0 Å². The second-order valence-electron chi connectivity index (χ2n) is 1.95. The van der Waals surface area contributed by atoms with Gasteiger partial charge in [-0.1, -0.05) is 26.5 Å². The van der Waals surface area contributed by atoms with E-state index >= 15 is 0 Å². The number of hydrogen-bond acceptors (Lipinski definition) is 2. The van der Waals surface area contributed by atoms with Crippen LogP contribution in [0.25, 0.3) is 0 Å². The van der Waals surface area contributed by atoms with Crippen molar-refractivity contribution in [2.45, 2.75) is 26.5 Å². The summed E-state index contributed by atoms with van der Waals surface area (Å²) < 4.78 is 29.1. The number of hydrogen-bond donors (Lipinski definition) is 1. The van der Waals surface area contributed by atoms with E-state index in [0.29, 0.717) is 12.6 Å². The van der Waals surface area contributed by atoms with Gasteiger partial charge in [0.2, 0.25) is 9.97 Å². The Morgan fingerprint density at radius 3 is 1.67 bits per heavy atom. The fourth-order valence-corrected chi connectivity index (χ4v) is 1.55. The van der Waals surface area contributed by atoms with E-state index in [4.69, 9.17) is 4.55 Å². The van der Waals surface area contributed by atoms with Gasteiger partial charge in [-0.3, -0.25) is 4.55 Å². The molecule has 0 amide bonds. The first kappa shape index (κ1) is 8.97. The quantitative estimate of drug-likeness (QED) is 0.480. The van der Waals surface area contributed by atoms with E-state index < -0.39 is 16.0 Å². The normalized spacial score (nSPS) is 11.4. The van der Waals surface area contributed by atoms with E-state index in [1.54, 1.807) is 13.8 Å². The molecular weight excluding hydrogens is 139 g/mol. The molecule has 5 heteroatoms. The molecule has 0 fully saturated rings. The molecule has 0 unspecified atom stereocenters. The molecular formula is C4H11BO3S. The fourth-order valence-electron chi connectivity index (χ4n) is 0.710. The maximum absolute atomic E-state index is 10.3. The van der Waals surface area contributed by atoms with E-state index in [2.05, 4.69) is 0 Å². The monoisotopic (exact) mass is 150 g/mol. The van der Waals surface area contributed by atoms with Gasteiger partial charge < -0.3 is 0 Å². The van der Waals surface area contributed by atoms with Crippen LogP contribution < -0.4 is 0 Å². The summed E-state index contributed by atoms with van der Waals surface area (Å²) in [5.41, 5.74) is 0. The Labute approximate surface area is 56.2 Å². The molecule has 54 valence electrons. The SMILES string of the molecule is CCB(CC)S(=O)(=O)O. The molecule has 0 aliphatic heterocycles. The summed E-state index contributed by atoms with van der Waals surface area (Å²) in [6.07, 6.45) is 0.963. The van der Waals surface area contributed by atoms with Crippen LogP contribution in [-0.4, -0.2) is 19.0 Å². The summed E-state index contributed by atoms with van der Waals surface area (Å²) in [5.74, 6) is -0.572. The molecule has 1 N–H and O–H groups in total. The van der Waals surface area contributed by atoms with Gasteiger partial charge in [0.1, 0.15) is 0 Å².